The number of nitrogens with one attached hydrogen (secondary N) is 2. The van der Waals surface area contributed by atoms with Crippen molar-refractivity contribution in [3.05, 3.63) is 21.9 Å². The molecule has 0 aromatic carbocycles. The molecule has 0 unspecified atom stereocenters. The third kappa shape index (κ3) is 3.02. The van der Waals surface area contributed by atoms with Crippen LogP contribution in [0.1, 0.15) is 49.0 Å². The van der Waals surface area contributed by atoms with E-state index in [1.165, 1.54) is 29.7 Å². The van der Waals surface area contributed by atoms with E-state index in [0.29, 0.717) is 6.54 Å². The molecular weight excluding hydrogens is 346 g/mol. The van der Waals surface area contributed by atoms with E-state index in [-0.39, 0.29) is 24.0 Å². The Hall–Kier alpha value is -1.56. The highest BCUT2D eigenvalue weighted by molar-refractivity contribution is 7.10. The average Bonchev–Trinajstić information content (AvgIpc) is 3.05. The first-order chi connectivity index (χ1) is 12.6. The minimum Gasteiger partial charge on any atom is -0.336 e. The zero-order valence-electron chi connectivity index (χ0n) is 15.1. The van der Waals surface area contributed by atoms with Crippen molar-refractivity contribution < 1.29 is 9.59 Å². The van der Waals surface area contributed by atoms with E-state index in [0.717, 1.165) is 50.0 Å². The summed E-state index contributed by atoms with van der Waals surface area (Å²) in [6, 6.07) is 1.95. The quantitative estimate of drug-likeness (QED) is 0.856. The van der Waals surface area contributed by atoms with Crippen LogP contribution in [-0.2, 0) is 17.8 Å². The Kier molecular flexibility index (Phi) is 3.99. The van der Waals surface area contributed by atoms with Crippen molar-refractivity contribution in [1.29, 1.82) is 0 Å². The predicted molar refractivity (Wildman–Crippen MR) is 101 cm³/mol. The van der Waals surface area contributed by atoms with Gasteiger partial charge in [-0.1, -0.05) is 0 Å². The molecule has 1 aliphatic heterocycles. The third-order valence-electron chi connectivity index (χ3n) is 6.98. The van der Waals surface area contributed by atoms with Crippen LogP contribution in [0.4, 0.5) is 4.79 Å². The Labute approximate surface area is 158 Å². The smallest absolute Gasteiger partial charge is 0.315 e. The summed E-state index contributed by atoms with van der Waals surface area (Å²) in [6.07, 6.45) is 8.41. The zero-order valence-corrected chi connectivity index (χ0v) is 15.9. The second kappa shape index (κ2) is 6.25. The molecule has 6 rings (SSSR count). The fourth-order valence-corrected chi connectivity index (χ4v) is 7.17. The van der Waals surface area contributed by atoms with E-state index in [9.17, 15) is 9.59 Å². The fourth-order valence-electron chi connectivity index (χ4n) is 6.28. The van der Waals surface area contributed by atoms with Crippen LogP contribution in [0, 0.1) is 17.8 Å². The van der Waals surface area contributed by atoms with Crippen LogP contribution in [0.15, 0.2) is 11.4 Å². The molecule has 0 radical (unpaired) electrons. The first kappa shape index (κ1) is 16.6. The maximum absolute atomic E-state index is 12.5. The van der Waals surface area contributed by atoms with Gasteiger partial charge in [-0.3, -0.25) is 4.79 Å². The van der Waals surface area contributed by atoms with Crippen LogP contribution in [-0.4, -0.2) is 35.5 Å². The molecule has 0 spiro atoms. The van der Waals surface area contributed by atoms with Gasteiger partial charge in [0, 0.05) is 23.5 Å². The number of urea groups is 1. The molecule has 5 aliphatic rings. The van der Waals surface area contributed by atoms with Gasteiger partial charge in [0.2, 0.25) is 5.91 Å². The summed E-state index contributed by atoms with van der Waals surface area (Å²) in [7, 11) is 0. The summed E-state index contributed by atoms with van der Waals surface area (Å²) in [4.78, 5) is 28.2. The summed E-state index contributed by atoms with van der Waals surface area (Å²) in [5, 5.41) is 8.20. The third-order valence-corrected chi connectivity index (χ3v) is 8.00. The lowest BCUT2D eigenvalue weighted by Gasteiger charge is -2.56. The number of hydrogen-bond acceptors (Lipinski definition) is 3. The van der Waals surface area contributed by atoms with Gasteiger partial charge in [-0.05, 0) is 79.7 Å². The molecule has 2 N–H and O–H groups in total. The SMILES string of the molecule is O=C(NCC(=O)N1CCc2sccc2C1)NC12CC3CC(CC(C3)C1)C2. The molecule has 4 fully saturated rings. The van der Waals surface area contributed by atoms with Crippen molar-refractivity contribution >= 4 is 23.3 Å². The van der Waals surface area contributed by atoms with Crippen molar-refractivity contribution in [2.24, 2.45) is 17.8 Å². The van der Waals surface area contributed by atoms with Crippen LogP contribution in [0.2, 0.25) is 0 Å². The molecule has 140 valence electrons. The molecular formula is C20H27N3O2S. The van der Waals surface area contributed by atoms with Crippen LogP contribution in [0.3, 0.4) is 0 Å². The summed E-state index contributed by atoms with van der Waals surface area (Å²) in [6.45, 7) is 1.53. The van der Waals surface area contributed by atoms with Crippen molar-refractivity contribution in [3.8, 4) is 0 Å². The number of hydrogen-bond donors (Lipinski definition) is 2. The van der Waals surface area contributed by atoms with Gasteiger partial charge in [0.05, 0.1) is 6.54 Å². The molecule has 0 saturated heterocycles. The summed E-state index contributed by atoms with van der Waals surface area (Å²) in [5.74, 6) is 2.42. The van der Waals surface area contributed by atoms with Gasteiger partial charge in [-0.25, -0.2) is 4.79 Å². The average molecular weight is 374 g/mol. The largest absolute Gasteiger partial charge is 0.336 e. The molecule has 3 amide bonds. The van der Waals surface area contributed by atoms with Crippen molar-refractivity contribution in [2.75, 3.05) is 13.1 Å². The number of nitrogens with zero attached hydrogens (tertiary/aromatic N) is 1. The highest BCUT2D eigenvalue weighted by atomic mass is 32.1. The molecule has 5 nitrogen and oxygen atoms in total. The lowest BCUT2D eigenvalue weighted by Crippen LogP contribution is -2.61. The number of thiophene rings is 1. The Balaban J connectivity index is 1.14. The molecule has 0 atom stereocenters. The molecule has 2 heterocycles. The van der Waals surface area contributed by atoms with Crippen molar-refractivity contribution in [3.63, 3.8) is 0 Å². The Morgan fingerprint density at radius 3 is 2.54 bits per heavy atom. The minimum absolute atomic E-state index is 0.00141. The van der Waals surface area contributed by atoms with Gasteiger partial charge in [0.25, 0.3) is 0 Å². The van der Waals surface area contributed by atoms with Gasteiger partial charge in [-0.2, -0.15) is 0 Å². The van der Waals surface area contributed by atoms with Gasteiger partial charge in [0.15, 0.2) is 0 Å². The number of rotatable bonds is 3. The Morgan fingerprint density at radius 2 is 1.85 bits per heavy atom. The standard InChI is InChI=1S/C20H27N3O2S/c24-18(23-3-1-17-16(12-23)2-4-26-17)11-21-19(25)22-20-8-13-5-14(9-20)7-15(6-13)10-20/h2,4,13-15H,1,3,5-12H2,(H2,21,22,25). The number of fused-ring (bicyclic) bond motifs is 1. The summed E-state index contributed by atoms with van der Waals surface area (Å²) >= 11 is 1.77. The highest BCUT2D eigenvalue weighted by Crippen LogP contribution is 2.55. The van der Waals surface area contributed by atoms with E-state index in [1.807, 2.05) is 4.90 Å². The highest BCUT2D eigenvalue weighted by Gasteiger charge is 2.51. The van der Waals surface area contributed by atoms with Crippen LogP contribution in [0.5, 0.6) is 0 Å². The molecule has 6 heteroatoms. The monoisotopic (exact) mass is 373 g/mol. The first-order valence-electron chi connectivity index (χ1n) is 9.98. The summed E-state index contributed by atoms with van der Waals surface area (Å²) < 4.78 is 0. The number of carbonyl (C=O) groups excluding carboxylic acids is 2. The first-order valence-corrected chi connectivity index (χ1v) is 10.9. The lowest BCUT2D eigenvalue weighted by atomic mass is 9.53. The van der Waals surface area contributed by atoms with E-state index in [2.05, 4.69) is 22.1 Å². The molecule has 4 bridgehead atoms. The van der Waals surface area contributed by atoms with Crippen LogP contribution in [0.25, 0.3) is 0 Å². The molecule has 1 aromatic heterocycles. The van der Waals surface area contributed by atoms with Gasteiger partial charge in [0.1, 0.15) is 0 Å². The Morgan fingerprint density at radius 1 is 1.15 bits per heavy atom. The normalized spacial score (nSPS) is 34.5. The Bertz CT molecular complexity index is 693. The second-order valence-electron chi connectivity index (χ2n) is 8.94. The van der Waals surface area contributed by atoms with E-state index in [4.69, 9.17) is 0 Å². The lowest BCUT2D eigenvalue weighted by molar-refractivity contribution is -0.131. The zero-order chi connectivity index (χ0) is 17.7. The van der Waals surface area contributed by atoms with Gasteiger partial charge in [-0.15, -0.1) is 11.3 Å². The van der Waals surface area contributed by atoms with Crippen molar-refractivity contribution in [2.45, 2.75) is 57.0 Å². The number of carbonyl (C=O) groups is 2. The summed E-state index contributed by atoms with van der Waals surface area (Å²) in [5.41, 5.74) is 1.26. The maximum Gasteiger partial charge on any atom is 0.315 e. The second-order valence-corrected chi connectivity index (χ2v) is 9.94. The van der Waals surface area contributed by atoms with Crippen LogP contribution < -0.4 is 10.6 Å². The maximum atomic E-state index is 12.5. The molecule has 4 saturated carbocycles. The minimum atomic E-state index is -0.159. The van der Waals surface area contributed by atoms with Gasteiger partial charge >= 0.3 is 6.03 Å². The topological polar surface area (TPSA) is 61.4 Å². The van der Waals surface area contributed by atoms with Gasteiger partial charge < -0.3 is 15.5 Å². The fraction of sp³-hybridized carbons (Fsp3) is 0.700. The van der Waals surface area contributed by atoms with Crippen molar-refractivity contribution in [1.82, 2.24) is 15.5 Å². The molecule has 4 aliphatic carbocycles. The van der Waals surface area contributed by atoms with E-state index in [1.54, 1.807) is 11.3 Å². The van der Waals surface area contributed by atoms with E-state index < -0.39 is 0 Å². The molecule has 1 aromatic rings. The van der Waals surface area contributed by atoms with Crippen LogP contribution >= 0.6 is 11.3 Å². The predicted octanol–water partition coefficient (Wildman–Crippen LogP) is 2.90. The van der Waals surface area contributed by atoms with E-state index >= 15 is 0 Å². The molecule has 26 heavy (non-hydrogen) atoms. The number of amides is 3.